The first kappa shape index (κ1) is 14.0. The Morgan fingerprint density at radius 2 is 1.95 bits per heavy atom. The molecular weight excluding hydrogens is 254 g/mol. The van der Waals surface area contributed by atoms with Crippen LogP contribution >= 0.6 is 11.3 Å². The molecule has 0 aliphatic heterocycles. The highest BCUT2D eigenvalue weighted by molar-refractivity contribution is 7.08. The molecule has 3 nitrogen and oxygen atoms in total. The lowest BCUT2D eigenvalue weighted by Crippen LogP contribution is -2.09. The van der Waals surface area contributed by atoms with Gasteiger partial charge in [0.25, 0.3) is 0 Å². The summed E-state index contributed by atoms with van der Waals surface area (Å²) in [6.07, 6.45) is 0. The van der Waals surface area contributed by atoms with Crippen molar-refractivity contribution in [1.29, 1.82) is 0 Å². The van der Waals surface area contributed by atoms with E-state index in [1.54, 1.807) is 11.3 Å². The van der Waals surface area contributed by atoms with Crippen LogP contribution in [0.25, 0.3) is 11.4 Å². The second kappa shape index (κ2) is 5.70. The lowest BCUT2D eigenvalue weighted by atomic mass is 10.0. The minimum Gasteiger partial charge on any atom is -0.370 e. The van der Waals surface area contributed by atoms with Crippen LogP contribution in [0.4, 0.5) is 5.82 Å². The van der Waals surface area contributed by atoms with Crippen LogP contribution in [-0.4, -0.2) is 16.5 Å². The molecule has 19 heavy (non-hydrogen) atoms. The zero-order chi connectivity index (χ0) is 14.0. The van der Waals surface area contributed by atoms with Gasteiger partial charge in [-0.1, -0.05) is 13.8 Å². The molecule has 0 radical (unpaired) electrons. The zero-order valence-electron chi connectivity index (χ0n) is 12.2. The third-order valence-corrected chi connectivity index (χ3v) is 4.02. The quantitative estimate of drug-likeness (QED) is 0.900. The maximum absolute atomic E-state index is 4.73. The van der Waals surface area contributed by atoms with Crippen molar-refractivity contribution in [3.63, 3.8) is 0 Å². The SMILES string of the molecule is CCNc1nc(-c2cscc2C)nc(C)c1C(C)C. The molecule has 0 saturated heterocycles. The van der Waals surface area contributed by atoms with Gasteiger partial charge in [0.2, 0.25) is 0 Å². The number of thiophene rings is 1. The van der Waals surface area contributed by atoms with Crippen LogP contribution in [0.2, 0.25) is 0 Å². The van der Waals surface area contributed by atoms with Gasteiger partial charge in [-0.15, -0.1) is 0 Å². The molecule has 2 heterocycles. The number of rotatable bonds is 4. The van der Waals surface area contributed by atoms with Crippen molar-refractivity contribution in [2.75, 3.05) is 11.9 Å². The Labute approximate surface area is 119 Å². The van der Waals surface area contributed by atoms with Gasteiger partial charge in [-0.2, -0.15) is 11.3 Å². The van der Waals surface area contributed by atoms with Crippen molar-refractivity contribution in [3.05, 3.63) is 27.6 Å². The summed E-state index contributed by atoms with van der Waals surface area (Å²) >= 11 is 1.70. The third kappa shape index (κ3) is 2.78. The van der Waals surface area contributed by atoms with Gasteiger partial charge in [-0.3, -0.25) is 0 Å². The summed E-state index contributed by atoms with van der Waals surface area (Å²) in [7, 11) is 0. The Hall–Kier alpha value is -1.42. The molecule has 0 aliphatic rings. The molecule has 0 aliphatic carbocycles. The molecule has 0 amide bonds. The first-order valence-electron chi connectivity index (χ1n) is 6.70. The Bertz CT molecular complexity index is 573. The maximum Gasteiger partial charge on any atom is 0.162 e. The molecule has 0 bridgehead atoms. The number of hydrogen-bond acceptors (Lipinski definition) is 4. The van der Waals surface area contributed by atoms with Crippen LogP contribution in [0, 0.1) is 13.8 Å². The fourth-order valence-corrected chi connectivity index (χ4v) is 3.11. The van der Waals surface area contributed by atoms with Gasteiger partial charge in [-0.25, -0.2) is 9.97 Å². The average molecular weight is 275 g/mol. The molecule has 0 aromatic carbocycles. The maximum atomic E-state index is 4.73. The van der Waals surface area contributed by atoms with Crippen LogP contribution in [0.3, 0.4) is 0 Å². The van der Waals surface area contributed by atoms with Crippen molar-refractivity contribution in [1.82, 2.24) is 9.97 Å². The fourth-order valence-electron chi connectivity index (χ4n) is 2.29. The number of nitrogens with one attached hydrogen (secondary N) is 1. The predicted molar refractivity (Wildman–Crippen MR) is 83.1 cm³/mol. The molecule has 2 aromatic rings. The van der Waals surface area contributed by atoms with E-state index in [1.165, 1.54) is 11.1 Å². The molecule has 2 aromatic heterocycles. The zero-order valence-corrected chi connectivity index (χ0v) is 13.1. The van der Waals surface area contributed by atoms with Crippen LogP contribution in [0.5, 0.6) is 0 Å². The Balaban J connectivity index is 2.57. The summed E-state index contributed by atoms with van der Waals surface area (Å²) in [6.45, 7) is 11.5. The van der Waals surface area contributed by atoms with Gasteiger partial charge in [0, 0.05) is 28.7 Å². The summed E-state index contributed by atoms with van der Waals surface area (Å²) in [5, 5.41) is 7.63. The first-order valence-corrected chi connectivity index (χ1v) is 7.64. The van der Waals surface area contributed by atoms with E-state index in [4.69, 9.17) is 9.97 Å². The summed E-state index contributed by atoms with van der Waals surface area (Å²) in [5.41, 5.74) is 4.67. The number of nitrogens with zero attached hydrogens (tertiary/aromatic N) is 2. The first-order chi connectivity index (χ1) is 9.04. The Kier molecular flexibility index (Phi) is 4.20. The van der Waals surface area contributed by atoms with E-state index in [0.717, 1.165) is 29.4 Å². The number of anilines is 1. The number of hydrogen-bond donors (Lipinski definition) is 1. The van der Waals surface area contributed by atoms with Gasteiger partial charge in [-0.05, 0) is 37.6 Å². The van der Waals surface area contributed by atoms with Crippen LogP contribution in [-0.2, 0) is 0 Å². The Morgan fingerprint density at radius 1 is 1.21 bits per heavy atom. The minimum atomic E-state index is 0.423. The largest absolute Gasteiger partial charge is 0.370 e. The molecule has 0 unspecified atom stereocenters. The molecule has 1 N–H and O–H groups in total. The summed E-state index contributed by atoms with van der Waals surface area (Å²) < 4.78 is 0. The van der Waals surface area contributed by atoms with Gasteiger partial charge in [0.15, 0.2) is 5.82 Å². The lowest BCUT2D eigenvalue weighted by Gasteiger charge is -2.16. The molecule has 102 valence electrons. The summed E-state index contributed by atoms with van der Waals surface area (Å²) in [5.74, 6) is 2.23. The van der Waals surface area contributed by atoms with E-state index in [-0.39, 0.29) is 0 Å². The third-order valence-electron chi connectivity index (χ3n) is 3.15. The normalized spacial score (nSPS) is 11.1. The second-order valence-corrected chi connectivity index (χ2v) is 5.79. The van der Waals surface area contributed by atoms with Crippen LogP contribution in [0.15, 0.2) is 10.8 Å². The van der Waals surface area contributed by atoms with E-state index in [9.17, 15) is 0 Å². The van der Waals surface area contributed by atoms with Gasteiger partial charge in [0.1, 0.15) is 5.82 Å². The predicted octanol–water partition coefficient (Wildman–Crippen LogP) is 4.38. The number of aromatic nitrogens is 2. The minimum absolute atomic E-state index is 0.423. The molecule has 2 rings (SSSR count). The topological polar surface area (TPSA) is 37.8 Å². The molecule has 0 spiro atoms. The molecular formula is C15H21N3S. The van der Waals surface area contributed by atoms with E-state index in [0.29, 0.717) is 5.92 Å². The van der Waals surface area contributed by atoms with Crippen LogP contribution < -0.4 is 5.32 Å². The molecule has 0 fully saturated rings. The highest BCUT2D eigenvalue weighted by Crippen LogP contribution is 2.30. The van der Waals surface area contributed by atoms with Crippen molar-refractivity contribution in [3.8, 4) is 11.4 Å². The summed E-state index contributed by atoms with van der Waals surface area (Å²) in [6, 6.07) is 0. The smallest absolute Gasteiger partial charge is 0.162 e. The second-order valence-electron chi connectivity index (χ2n) is 5.05. The molecule has 0 saturated carbocycles. The van der Waals surface area contributed by atoms with Crippen molar-refractivity contribution >= 4 is 17.2 Å². The van der Waals surface area contributed by atoms with Gasteiger partial charge >= 0.3 is 0 Å². The fraction of sp³-hybridized carbons (Fsp3) is 0.467. The average Bonchev–Trinajstić information content (AvgIpc) is 2.74. The highest BCUT2D eigenvalue weighted by atomic mass is 32.1. The number of aryl methyl sites for hydroxylation is 2. The summed E-state index contributed by atoms with van der Waals surface area (Å²) in [4.78, 5) is 9.43. The van der Waals surface area contributed by atoms with E-state index >= 15 is 0 Å². The Morgan fingerprint density at radius 3 is 2.47 bits per heavy atom. The van der Waals surface area contributed by atoms with E-state index < -0.39 is 0 Å². The molecule has 4 heteroatoms. The van der Waals surface area contributed by atoms with Crippen molar-refractivity contribution < 1.29 is 0 Å². The van der Waals surface area contributed by atoms with Crippen molar-refractivity contribution in [2.45, 2.75) is 40.5 Å². The van der Waals surface area contributed by atoms with Crippen molar-refractivity contribution in [2.24, 2.45) is 0 Å². The monoisotopic (exact) mass is 275 g/mol. The van der Waals surface area contributed by atoms with E-state index in [2.05, 4.69) is 50.7 Å². The van der Waals surface area contributed by atoms with E-state index in [1.807, 2.05) is 0 Å². The highest BCUT2D eigenvalue weighted by Gasteiger charge is 2.16. The van der Waals surface area contributed by atoms with Crippen LogP contribution in [0.1, 0.15) is 43.5 Å². The molecule has 0 atom stereocenters. The van der Waals surface area contributed by atoms with Gasteiger partial charge < -0.3 is 5.32 Å². The van der Waals surface area contributed by atoms with Gasteiger partial charge in [0.05, 0.1) is 0 Å². The lowest BCUT2D eigenvalue weighted by molar-refractivity contribution is 0.831. The standard InChI is InChI=1S/C15H21N3S/c1-6-16-15-13(9(2)3)11(5)17-14(18-15)12-8-19-7-10(12)4/h7-9H,6H2,1-5H3,(H,16,17,18).